The molecule has 0 spiro atoms. The first-order valence-electron chi connectivity index (χ1n) is 8.92. The van der Waals surface area contributed by atoms with Gasteiger partial charge in [-0.1, -0.05) is 6.92 Å². The van der Waals surface area contributed by atoms with E-state index in [1.807, 2.05) is 31.9 Å². The van der Waals surface area contributed by atoms with Crippen LogP contribution in [-0.2, 0) is 6.42 Å². The molecule has 1 saturated carbocycles. The van der Waals surface area contributed by atoms with Crippen LogP contribution in [0.5, 0.6) is 0 Å². The monoisotopic (exact) mass is 354 g/mol. The van der Waals surface area contributed by atoms with E-state index in [1.54, 1.807) is 18.2 Å². The SMILES string of the molecule is CCc1cc(F)c(N(C)C(=C2CCC2)c2ccc([N+](=O)[O-])cc2)cc1C. The van der Waals surface area contributed by atoms with Crippen molar-refractivity contribution >= 4 is 17.1 Å². The number of halogens is 1. The second-order valence-electron chi connectivity index (χ2n) is 6.75. The summed E-state index contributed by atoms with van der Waals surface area (Å²) in [7, 11) is 1.87. The third-order valence-electron chi connectivity index (χ3n) is 5.13. The van der Waals surface area contributed by atoms with Gasteiger partial charge in [-0.2, -0.15) is 0 Å². The van der Waals surface area contributed by atoms with E-state index in [4.69, 9.17) is 0 Å². The van der Waals surface area contributed by atoms with Gasteiger partial charge in [0.1, 0.15) is 5.82 Å². The van der Waals surface area contributed by atoms with Gasteiger partial charge in [0.25, 0.3) is 5.69 Å². The fourth-order valence-electron chi connectivity index (χ4n) is 3.43. The summed E-state index contributed by atoms with van der Waals surface area (Å²) in [6, 6.07) is 10.0. The van der Waals surface area contributed by atoms with Crippen LogP contribution in [0.4, 0.5) is 15.8 Å². The van der Waals surface area contributed by atoms with Gasteiger partial charge in [0.05, 0.1) is 10.6 Å². The highest BCUT2D eigenvalue weighted by Gasteiger charge is 2.22. The lowest BCUT2D eigenvalue weighted by Crippen LogP contribution is -2.21. The fraction of sp³-hybridized carbons (Fsp3) is 0.333. The Kier molecular flexibility index (Phi) is 5.07. The molecule has 0 amide bonds. The van der Waals surface area contributed by atoms with E-state index in [2.05, 4.69) is 0 Å². The minimum absolute atomic E-state index is 0.0590. The summed E-state index contributed by atoms with van der Waals surface area (Å²) in [4.78, 5) is 12.4. The summed E-state index contributed by atoms with van der Waals surface area (Å²) in [5.41, 5.74) is 5.76. The summed E-state index contributed by atoms with van der Waals surface area (Å²) in [6.07, 6.45) is 3.87. The second kappa shape index (κ2) is 7.28. The number of non-ortho nitro benzene ring substituents is 1. The number of aryl methyl sites for hydroxylation is 2. The zero-order valence-electron chi connectivity index (χ0n) is 15.4. The van der Waals surface area contributed by atoms with Crippen molar-refractivity contribution in [1.29, 1.82) is 0 Å². The van der Waals surface area contributed by atoms with Crippen molar-refractivity contribution in [1.82, 2.24) is 0 Å². The molecule has 0 N–H and O–H groups in total. The largest absolute Gasteiger partial charge is 0.342 e. The van der Waals surface area contributed by atoms with Gasteiger partial charge in [-0.15, -0.1) is 0 Å². The average molecular weight is 354 g/mol. The fourth-order valence-corrected chi connectivity index (χ4v) is 3.43. The van der Waals surface area contributed by atoms with Crippen LogP contribution < -0.4 is 4.90 Å². The van der Waals surface area contributed by atoms with E-state index >= 15 is 0 Å². The highest BCUT2D eigenvalue weighted by molar-refractivity contribution is 5.82. The third kappa shape index (κ3) is 3.34. The summed E-state index contributed by atoms with van der Waals surface area (Å²) in [5, 5.41) is 10.9. The minimum Gasteiger partial charge on any atom is -0.342 e. The number of benzene rings is 2. The molecule has 0 unspecified atom stereocenters. The van der Waals surface area contributed by atoms with Crippen molar-refractivity contribution in [2.24, 2.45) is 0 Å². The minimum atomic E-state index is -0.407. The zero-order chi connectivity index (χ0) is 18.8. The Morgan fingerprint density at radius 3 is 2.38 bits per heavy atom. The van der Waals surface area contributed by atoms with Crippen LogP contribution in [0.15, 0.2) is 42.0 Å². The van der Waals surface area contributed by atoms with Gasteiger partial charge in [0.15, 0.2) is 0 Å². The maximum Gasteiger partial charge on any atom is 0.269 e. The van der Waals surface area contributed by atoms with Crippen molar-refractivity contribution in [2.45, 2.75) is 39.5 Å². The summed E-state index contributed by atoms with van der Waals surface area (Å²) in [5.74, 6) is -0.241. The summed E-state index contributed by atoms with van der Waals surface area (Å²) < 4.78 is 14.7. The van der Waals surface area contributed by atoms with Crippen LogP contribution in [0.2, 0.25) is 0 Å². The first kappa shape index (κ1) is 18.1. The number of nitrogens with zero attached hydrogens (tertiary/aromatic N) is 2. The van der Waals surface area contributed by atoms with Crippen molar-refractivity contribution in [3.8, 4) is 0 Å². The van der Waals surface area contributed by atoms with Crippen molar-refractivity contribution in [3.63, 3.8) is 0 Å². The molecule has 0 aromatic heterocycles. The molecule has 0 radical (unpaired) electrons. The molecule has 2 aromatic carbocycles. The van der Waals surface area contributed by atoms with Crippen molar-refractivity contribution < 1.29 is 9.31 Å². The van der Waals surface area contributed by atoms with Crippen LogP contribution in [0, 0.1) is 22.9 Å². The molecular weight excluding hydrogens is 331 g/mol. The number of nitro benzene ring substituents is 1. The Labute approximate surface area is 153 Å². The van der Waals surface area contributed by atoms with Crippen LogP contribution in [-0.4, -0.2) is 12.0 Å². The van der Waals surface area contributed by atoms with Gasteiger partial charge >= 0.3 is 0 Å². The number of anilines is 1. The number of hydrogen-bond acceptors (Lipinski definition) is 3. The molecule has 0 bridgehead atoms. The number of allylic oxidation sites excluding steroid dienone is 1. The lowest BCUT2D eigenvalue weighted by molar-refractivity contribution is -0.384. The highest BCUT2D eigenvalue weighted by atomic mass is 19.1. The van der Waals surface area contributed by atoms with Crippen molar-refractivity contribution in [3.05, 3.63) is 74.6 Å². The smallest absolute Gasteiger partial charge is 0.269 e. The molecule has 26 heavy (non-hydrogen) atoms. The van der Waals surface area contributed by atoms with E-state index in [9.17, 15) is 14.5 Å². The highest BCUT2D eigenvalue weighted by Crippen LogP contribution is 2.38. The van der Waals surface area contributed by atoms with Gasteiger partial charge in [0, 0.05) is 24.9 Å². The Morgan fingerprint density at radius 1 is 1.23 bits per heavy atom. The molecule has 1 aliphatic carbocycles. The first-order chi connectivity index (χ1) is 12.4. The summed E-state index contributed by atoms with van der Waals surface area (Å²) in [6.45, 7) is 4.02. The predicted molar refractivity (Wildman–Crippen MR) is 103 cm³/mol. The van der Waals surface area contributed by atoms with E-state index in [-0.39, 0.29) is 11.5 Å². The van der Waals surface area contributed by atoms with E-state index in [0.717, 1.165) is 48.1 Å². The molecular formula is C21H23FN2O2. The zero-order valence-corrected chi connectivity index (χ0v) is 15.4. The lowest BCUT2D eigenvalue weighted by Gasteiger charge is -2.31. The van der Waals surface area contributed by atoms with Gasteiger partial charge in [-0.05, 0) is 79.1 Å². The van der Waals surface area contributed by atoms with Crippen molar-refractivity contribution in [2.75, 3.05) is 11.9 Å². The Morgan fingerprint density at radius 2 is 1.88 bits per heavy atom. The van der Waals surface area contributed by atoms with E-state index < -0.39 is 4.92 Å². The molecule has 136 valence electrons. The van der Waals surface area contributed by atoms with Gasteiger partial charge < -0.3 is 4.90 Å². The van der Waals surface area contributed by atoms with Gasteiger partial charge in [0.2, 0.25) is 0 Å². The molecule has 0 atom stereocenters. The van der Waals surface area contributed by atoms with Crippen LogP contribution in [0.25, 0.3) is 5.70 Å². The number of nitro groups is 1. The molecule has 0 aliphatic heterocycles. The average Bonchev–Trinajstić information content (AvgIpc) is 2.59. The molecule has 2 aromatic rings. The normalized spacial score (nSPS) is 13.3. The topological polar surface area (TPSA) is 46.4 Å². The first-order valence-corrected chi connectivity index (χ1v) is 8.92. The number of rotatable bonds is 5. The van der Waals surface area contributed by atoms with E-state index in [1.165, 1.54) is 17.7 Å². The molecule has 0 saturated heterocycles. The van der Waals surface area contributed by atoms with Gasteiger partial charge in [-0.25, -0.2) is 4.39 Å². The van der Waals surface area contributed by atoms with Crippen LogP contribution in [0.1, 0.15) is 42.9 Å². The van der Waals surface area contributed by atoms with Crippen LogP contribution in [0.3, 0.4) is 0 Å². The molecule has 1 fully saturated rings. The van der Waals surface area contributed by atoms with Crippen LogP contribution >= 0.6 is 0 Å². The maximum atomic E-state index is 14.7. The summed E-state index contributed by atoms with van der Waals surface area (Å²) >= 11 is 0. The quantitative estimate of drug-likeness (QED) is 0.516. The molecule has 5 heteroatoms. The Bertz CT molecular complexity index is 866. The Hall–Kier alpha value is -2.69. The molecule has 3 rings (SSSR count). The lowest BCUT2D eigenvalue weighted by atomic mass is 9.87. The standard InChI is InChI=1S/C21H23FN2O2/c1-4-15-13-19(22)20(12-14(15)2)23(3)21(16-6-5-7-16)17-8-10-18(11-9-17)24(25)26/h8-13H,4-7H2,1-3H3. The maximum absolute atomic E-state index is 14.7. The second-order valence-corrected chi connectivity index (χ2v) is 6.75. The molecule has 1 aliphatic rings. The molecule has 4 nitrogen and oxygen atoms in total. The van der Waals surface area contributed by atoms with Gasteiger partial charge in [-0.3, -0.25) is 10.1 Å². The molecule has 0 heterocycles. The number of hydrogen-bond donors (Lipinski definition) is 0. The van der Waals surface area contributed by atoms with E-state index in [0.29, 0.717) is 5.69 Å². The Balaban J connectivity index is 2.05. The predicted octanol–water partition coefficient (Wildman–Crippen LogP) is 5.64. The third-order valence-corrected chi connectivity index (χ3v) is 5.13.